The fourth-order valence-corrected chi connectivity index (χ4v) is 1.88. The first-order valence-corrected chi connectivity index (χ1v) is 5.69. The van der Waals surface area contributed by atoms with Gasteiger partial charge in [0, 0.05) is 16.7 Å². The van der Waals surface area contributed by atoms with Crippen LogP contribution in [0.5, 0.6) is 0 Å². The van der Waals surface area contributed by atoms with E-state index >= 15 is 0 Å². The standard InChI is InChI=1S/C17H11NO/c1-2-3-8-13-11-7-12-15(17(18)19)16(13)14-9-5-4-6-10-14/h1,4-7,9-12H,(H2,18,19). The highest BCUT2D eigenvalue weighted by molar-refractivity contribution is 6.01. The molecule has 2 heteroatoms. The highest BCUT2D eigenvalue weighted by Crippen LogP contribution is 2.27. The number of rotatable bonds is 2. The molecule has 2 N–H and O–H groups in total. The van der Waals surface area contributed by atoms with E-state index in [0.717, 1.165) is 11.1 Å². The Morgan fingerprint density at radius 2 is 1.79 bits per heavy atom. The molecule has 0 atom stereocenters. The summed E-state index contributed by atoms with van der Waals surface area (Å²) in [5, 5.41) is 0. The number of carbonyl (C=O) groups is 1. The molecule has 19 heavy (non-hydrogen) atoms. The van der Waals surface area contributed by atoms with Gasteiger partial charge in [-0.05, 0) is 29.5 Å². The number of benzene rings is 2. The summed E-state index contributed by atoms with van der Waals surface area (Å²) < 4.78 is 0. The van der Waals surface area contributed by atoms with E-state index in [1.165, 1.54) is 0 Å². The SMILES string of the molecule is C#CC#Cc1cccc(C(N)=O)c1-c1ccccc1. The summed E-state index contributed by atoms with van der Waals surface area (Å²) >= 11 is 0. The molecule has 0 unspecified atom stereocenters. The lowest BCUT2D eigenvalue weighted by molar-refractivity contribution is 0.100. The Morgan fingerprint density at radius 1 is 1.05 bits per heavy atom. The summed E-state index contributed by atoms with van der Waals surface area (Å²) in [5.74, 6) is 7.21. The molecule has 2 rings (SSSR count). The van der Waals surface area contributed by atoms with Gasteiger partial charge in [-0.1, -0.05) is 42.3 Å². The molecule has 1 amide bonds. The molecule has 0 aliphatic heterocycles. The number of nitrogens with two attached hydrogens (primary N) is 1. The van der Waals surface area contributed by atoms with Crippen LogP contribution in [-0.2, 0) is 0 Å². The van der Waals surface area contributed by atoms with Crippen molar-refractivity contribution in [1.29, 1.82) is 0 Å². The Labute approximate surface area is 112 Å². The largest absolute Gasteiger partial charge is 0.366 e. The van der Waals surface area contributed by atoms with Crippen molar-refractivity contribution in [2.75, 3.05) is 0 Å². The summed E-state index contributed by atoms with van der Waals surface area (Å²) in [7, 11) is 0. The Bertz CT molecular complexity index is 712. The molecular weight excluding hydrogens is 234 g/mol. The molecule has 0 saturated carbocycles. The number of hydrogen-bond donors (Lipinski definition) is 1. The first-order valence-electron chi connectivity index (χ1n) is 5.69. The third-order valence-electron chi connectivity index (χ3n) is 2.66. The molecule has 0 bridgehead atoms. The number of terminal acetylenes is 1. The topological polar surface area (TPSA) is 43.1 Å². The van der Waals surface area contributed by atoms with Crippen LogP contribution in [0.15, 0.2) is 48.5 Å². The van der Waals surface area contributed by atoms with Crippen molar-refractivity contribution in [2.45, 2.75) is 0 Å². The second-order valence-corrected chi connectivity index (χ2v) is 3.85. The second-order valence-electron chi connectivity index (χ2n) is 3.85. The third kappa shape index (κ3) is 2.65. The highest BCUT2D eigenvalue weighted by Gasteiger charge is 2.12. The zero-order chi connectivity index (χ0) is 13.7. The number of primary amides is 1. The smallest absolute Gasteiger partial charge is 0.249 e. The first-order chi connectivity index (χ1) is 9.24. The number of amides is 1. The minimum absolute atomic E-state index is 0.440. The average Bonchev–Trinajstić information content (AvgIpc) is 2.45. The van der Waals surface area contributed by atoms with E-state index in [-0.39, 0.29) is 0 Å². The van der Waals surface area contributed by atoms with Crippen molar-refractivity contribution in [2.24, 2.45) is 5.73 Å². The summed E-state index contributed by atoms with van der Waals surface area (Å²) in [6.07, 6.45) is 5.15. The molecule has 90 valence electrons. The summed E-state index contributed by atoms with van der Waals surface area (Å²) in [5.41, 5.74) is 8.16. The fourth-order valence-electron chi connectivity index (χ4n) is 1.88. The molecule has 0 aliphatic carbocycles. The van der Waals surface area contributed by atoms with Gasteiger partial charge in [0.15, 0.2) is 0 Å². The van der Waals surface area contributed by atoms with Crippen molar-refractivity contribution < 1.29 is 4.79 Å². The van der Waals surface area contributed by atoms with Crippen molar-refractivity contribution in [3.8, 4) is 35.3 Å². The van der Waals surface area contributed by atoms with E-state index in [0.29, 0.717) is 11.1 Å². The lowest BCUT2D eigenvalue weighted by atomic mass is 9.94. The predicted molar refractivity (Wildman–Crippen MR) is 76.1 cm³/mol. The second kappa shape index (κ2) is 5.58. The van der Waals surface area contributed by atoms with Crippen molar-refractivity contribution in [3.05, 3.63) is 59.7 Å². The van der Waals surface area contributed by atoms with Crippen LogP contribution in [0.25, 0.3) is 11.1 Å². The van der Waals surface area contributed by atoms with E-state index < -0.39 is 5.91 Å². The van der Waals surface area contributed by atoms with Crippen LogP contribution in [-0.4, -0.2) is 5.91 Å². The van der Waals surface area contributed by atoms with Gasteiger partial charge in [-0.15, -0.1) is 6.42 Å². The van der Waals surface area contributed by atoms with Gasteiger partial charge < -0.3 is 5.73 Å². The molecule has 0 aliphatic rings. The molecular formula is C17H11NO. The Kier molecular flexibility index (Phi) is 3.67. The highest BCUT2D eigenvalue weighted by atomic mass is 16.1. The normalized spacial score (nSPS) is 9.00. The maximum absolute atomic E-state index is 11.6. The van der Waals surface area contributed by atoms with Crippen LogP contribution < -0.4 is 5.73 Å². The van der Waals surface area contributed by atoms with Crippen LogP contribution in [0.4, 0.5) is 0 Å². The van der Waals surface area contributed by atoms with Crippen LogP contribution >= 0.6 is 0 Å². The molecule has 0 saturated heterocycles. The van der Waals surface area contributed by atoms with Gasteiger partial charge in [0.1, 0.15) is 0 Å². The van der Waals surface area contributed by atoms with Crippen LogP contribution in [0, 0.1) is 24.2 Å². The van der Waals surface area contributed by atoms with Gasteiger partial charge in [-0.25, -0.2) is 0 Å². The third-order valence-corrected chi connectivity index (χ3v) is 2.66. The Hall–Kier alpha value is -2.97. The summed E-state index contributed by atoms with van der Waals surface area (Å²) in [6.45, 7) is 0. The zero-order valence-electron chi connectivity index (χ0n) is 10.2. The van der Waals surface area contributed by atoms with Crippen molar-refractivity contribution in [1.82, 2.24) is 0 Å². The molecule has 2 aromatic rings. The maximum atomic E-state index is 11.6. The average molecular weight is 245 g/mol. The molecule has 0 radical (unpaired) electrons. The van der Waals surface area contributed by atoms with Gasteiger partial charge in [0.05, 0.1) is 0 Å². The zero-order valence-corrected chi connectivity index (χ0v) is 10.2. The molecule has 0 fully saturated rings. The molecule has 0 heterocycles. The molecule has 0 aromatic heterocycles. The monoisotopic (exact) mass is 245 g/mol. The number of carbonyl (C=O) groups excluding carboxylic acids is 1. The van der Waals surface area contributed by atoms with Gasteiger partial charge >= 0.3 is 0 Å². The Balaban J connectivity index is 2.74. The Morgan fingerprint density at radius 3 is 2.42 bits per heavy atom. The van der Waals surface area contributed by atoms with E-state index in [1.54, 1.807) is 12.1 Å². The van der Waals surface area contributed by atoms with Gasteiger partial charge in [-0.2, -0.15) is 0 Å². The van der Waals surface area contributed by atoms with E-state index in [1.807, 2.05) is 36.4 Å². The fraction of sp³-hybridized carbons (Fsp3) is 0. The number of hydrogen-bond acceptors (Lipinski definition) is 1. The molecule has 0 spiro atoms. The minimum Gasteiger partial charge on any atom is -0.366 e. The van der Waals surface area contributed by atoms with E-state index in [4.69, 9.17) is 12.2 Å². The van der Waals surface area contributed by atoms with E-state index in [9.17, 15) is 4.79 Å². The summed E-state index contributed by atoms with van der Waals surface area (Å²) in [4.78, 5) is 11.6. The lowest BCUT2D eigenvalue weighted by Gasteiger charge is -2.09. The van der Waals surface area contributed by atoms with Gasteiger partial charge in [0.2, 0.25) is 5.91 Å². The van der Waals surface area contributed by atoms with Crippen molar-refractivity contribution >= 4 is 5.91 Å². The van der Waals surface area contributed by atoms with Gasteiger partial charge in [0.25, 0.3) is 0 Å². The molecule has 2 nitrogen and oxygen atoms in total. The maximum Gasteiger partial charge on any atom is 0.249 e. The van der Waals surface area contributed by atoms with Gasteiger partial charge in [-0.3, -0.25) is 4.79 Å². The van der Waals surface area contributed by atoms with E-state index in [2.05, 4.69) is 17.8 Å². The predicted octanol–water partition coefficient (Wildman–Crippen LogP) is 2.44. The van der Waals surface area contributed by atoms with Crippen LogP contribution in [0.2, 0.25) is 0 Å². The van der Waals surface area contributed by atoms with Crippen molar-refractivity contribution in [3.63, 3.8) is 0 Å². The lowest BCUT2D eigenvalue weighted by Crippen LogP contribution is -2.13. The quantitative estimate of drug-likeness (QED) is 0.811. The minimum atomic E-state index is -0.483. The summed E-state index contributed by atoms with van der Waals surface area (Å²) in [6, 6.07) is 14.8. The van der Waals surface area contributed by atoms with Crippen LogP contribution in [0.1, 0.15) is 15.9 Å². The molecule has 2 aromatic carbocycles. The first kappa shape index (κ1) is 12.5. The van der Waals surface area contributed by atoms with Crippen LogP contribution in [0.3, 0.4) is 0 Å².